The van der Waals surface area contributed by atoms with Crippen LogP contribution in [0.25, 0.3) is 10.6 Å². The number of rotatable bonds is 8. The van der Waals surface area contributed by atoms with E-state index in [2.05, 4.69) is 4.98 Å². The molecule has 2 aromatic rings. The predicted octanol–water partition coefficient (Wildman–Crippen LogP) is 3.15. The van der Waals surface area contributed by atoms with E-state index in [0.29, 0.717) is 32.1 Å². The third kappa shape index (κ3) is 4.62. The highest BCUT2D eigenvalue weighted by molar-refractivity contribution is 7.13. The molecule has 2 rings (SSSR count). The van der Waals surface area contributed by atoms with E-state index < -0.39 is 0 Å². The van der Waals surface area contributed by atoms with Gasteiger partial charge < -0.3 is 14.2 Å². The molecule has 22 heavy (non-hydrogen) atoms. The highest BCUT2D eigenvalue weighted by atomic mass is 32.1. The number of hydrogen-bond acceptors (Lipinski definition) is 6. The zero-order chi connectivity index (χ0) is 15.8. The van der Waals surface area contributed by atoms with Crippen LogP contribution in [-0.2, 0) is 20.8 Å². The minimum absolute atomic E-state index is 0.347. The van der Waals surface area contributed by atoms with Gasteiger partial charge in [0.25, 0.3) is 0 Å². The molecule has 1 aromatic heterocycles. The molecule has 5 nitrogen and oxygen atoms in total. The van der Waals surface area contributed by atoms with Crippen molar-refractivity contribution in [2.24, 2.45) is 0 Å². The SMILES string of the molecule is CCOC(=O)c1csc(-c2cccc(COCCOC)c2)n1. The first-order chi connectivity index (χ1) is 10.7. The number of carbonyl (C=O) groups is 1. The molecule has 0 fully saturated rings. The maximum absolute atomic E-state index is 11.6. The van der Waals surface area contributed by atoms with Crippen molar-refractivity contribution in [1.29, 1.82) is 0 Å². The van der Waals surface area contributed by atoms with Crippen molar-refractivity contribution in [3.8, 4) is 10.6 Å². The second-order valence-electron chi connectivity index (χ2n) is 4.50. The average Bonchev–Trinajstić information content (AvgIpc) is 3.02. The van der Waals surface area contributed by atoms with E-state index in [4.69, 9.17) is 14.2 Å². The molecule has 0 saturated heterocycles. The maximum Gasteiger partial charge on any atom is 0.357 e. The van der Waals surface area contributed by atoms with Crippen molar-refractivity contribution in [3.05, 3.63) is 40.9 Å². The lowest BCUT2D eigenvalue weighted by Crippen LogP contribution is -2.04. The molecule has 0 unspecified atom stereocenters. The zero-order valence-corrected chi connectivity index (χ0v) is 13.5. The normalized spacial score (nSPS) is 10.6. The third-order valence-corrected chi connectivity index (χ3v) is 3.75. The molecular weight excluding hydrogens is 302 g/mol. The first-order valence-electron chi connectivity index (χ1n) is 7.03. The van der Waals surface area contributed by atoms with Crippen LogP contribution in [-0.4, -0.2) is 37.9 Å². The Hall–Kier alpha value is -1.76. The number of hydrogen-bond donors (Lipinski definition) is 0. The molecule has 0 spiro atoms. The Kier molecular flexibility index (Phi) is 6.51. The summed E-state index contributed by atoms with van der Waals surface area (Å²) in [7, 11) is 1.65. The molecule has 0 saturated carbocycles. The molecule has 0 bridgehead atoms. The van der Waals surface area contributed by atoms with E-state index >= 15 is 0 Å². The van der Waals surface area contributed by atoms with Crippen LogP contribution in [0.5, 0.6) is 0 Å². The molecule has 0 aliphatic carbocycles. The van der Waals surface area contributed by atoms with Crippen LogP contribution >= 0.6 is 11.3 Å². The van der Waals surface area contributed by atoms with Gasteiger partial charge in [-0.25, -0.2) is 9.78 Å². The second-order valence-corrected chi connectivity index (χ2v) is 5.36. The number of ether oxygens (including phenoxy) is 3. The van der Waals surface area contributed by atoms with E-state index in [-0.39, 0.29) is 5.97 Å². The molecule has 0 N–H and O–H groups in total. The third-order valence-electron chi connectivity index (χ3n) is 2.86. The van der Waals surface area contributed by atoms with E-state index in [1.165, 1.54) is 11.3 Å². The van der Waals surface area contributed by atoms with Gasteiger partial charge in [0.1, 0.15) is 5.01 Å². The van der Waals surface area contributed by atoms with Crippen LogP contribution in [0, 0.1) is 0 Å². The monoisotopic (exact) mass is 321 g/mol. The summed E-state index contributed by atoms with van der Waals surface area (Å²) >= 11 is 1.42. The summed E-state index contributed by atoms with van der Waals surface area (Å²) in [5.74, 6) is -0.385. The Balaban J connectivity index is 2.04. The highest BCUT2D eigenvalue weighted by Gasteiger charge is 2.12. The molecule has 0 radical (unpaired) electrons. The molecule has 6 heteroatoms. The Labute approximate surface area is 133 Å². The number of nitrogens with zero attached hydrogens (tertiary/aromatic N) is 1. The lowest BCUT2D eigenvalue weighted by atomic mass is 10.1. The molecule has 118 valence electrons. The van der Waals surface area contributed by atoms with Gasteiger partial charge in [0.05, 0.1) is 26.4 Å². The van der Waals surface area contributed by atoms with Crippen molar-refractivity contribution < 1.29 is 19.0 Å². The van der Waals surface area contributed by atoms with Crippen molar-refractivity contribution >= 4 is 17.3 Å². The summed E-state index contributed by atoms with van der Waals surface area (Å²) < 4.78 is 15.4. The lowest BCUT2D eigenvalue weighted by molar-refractivity contribution is 0.0520. The largest absolute Gasteiger partial charge is 0.461 e. The van der Waals surface area contributed by atoms with Gasteiger partial charge in [0.15, 0.2) is 5.69 Å². The lowest BCUT2D eigenvalue weighted by Gasteiger charge is -2.05. The predicted molar refractivity (Wildman–Crippen MR) is 85.0 cm³/mol. The van der Waals surface area contributed by atoms with Crippen LogP contribution in [0.15, 0.2) is 29.6 Å². The van der Waals surface area contributed by atoms with Crippen LogP contribution in [0.3, 0.4) is 0 Å². The molecule has 1 aromatic carbocycles. The van der Waals surface area contributed by atoms with Gasteiger partial charge in [-0.2, -0.15) is 0 Å². The van der Waals surface area contributed by atoms with Gasteiger partial charge in [0, 0.05) is 18.1 Å². The van der Waals surface area contributed by atoms with E-state index in [1.54, 1.807) is 19.4 Å². The van der Waals surface area contributed by atoms with Crippen molar-refractivity contribution in [1.82, 2.24) is 4.98 Å². The molecular formula is C16H19NO4S. The summed E-state index contributed by atoms with van der Waals surface area (Å²) in [6.45, 7) is 3.78. The van der Waals surface area contributed by atoms with Crippen LogP contribution < -0.4 is 0 Å². The Bertz CT molecular complexity index is 612. The van der Waals surface area contributed by atoms with E-state index in [9.17, 15) is 4.79 Å². The topological polar surface area (TPSA) is 57.7 Å². The van der Waals surface area contributed by atoms with Crippen LogP contribution in [0.1, 0.15) is 23.0 Å². The quantitative estimate of drug-likeness (QED) is 0.552. The number of thiazole rings is 1. The van der Waals surface area contributed by atoms with Crippen LogP contribution in [0.2, 0.25) is 0 Å². The minimum Gasteiger partial charge on any atom is -0.461 e. The van der Waals surface area contributed by atoms with E-state index in [0.717, 1.165) is 16.1 Å². The van der Waals surface area contributed by atoms with Gasteiger partial charge in [-0.05, 0) is 18.6 Å². The number of benzene rings is 1. The summed E-state index contributed by atoms with van der Waals surface area (Å²) in [6.07, 6.45) is 0. The summed E-state index contributed by atoms with van der Waals surface area (Å²) in [5, 5.41) is 2.51. The fourth-order valence-electron chi connectivity index (χ4n) is 1.83. The Morgan fingerprint density at radius 3 is 2.95 bits per heavy atom. The average molecular weight is 321 g/mol. The fourth-order valence-corrected chi connectivity index (χ4v) is 2.62. The molecule has 0 aliphatic heterocycles. The smallest absolute Gasteiger partial charge is 0.357 e. The van der Waals surface area contributed by atoms with E-state index in [1.807, 2.05) is 24.3 Å². The Morgan fingerprint density at radius 1 is 1.32 bits per heavy atom. The molecule has 0 atom stereocenters. The van der Waals surface area contributed by atoms with Gasteiger partial charge >= 0.3 is 5.97 Å². The maximum atomic E-state index is 11.6. The van der Waals surface area contributed by atoms with Gasteiger partial charge in [0.2, 0.25) is 0 Å². The molecule has 0 amide bonds. The zero-order valence-electron chi connectivity index (χ0n) is 12.7. The summed E-state index contributed by atoms with van der Waals surface area (Å²) in [4.78, 5) is 16.0. The van der Waals surface area contributed by atoms with Crippen molar-refractivity contribution in [3.63, 3.8) is 0 Å². The number of methoxy groups -OCH3 is 1. The first-order valence-corrected chi connectivity index (χ1v) is 7.91. The van der Waals surface area contributed by atoms with Crippen LogP contribution in [0.4, 0.5) is 0 Å². The van der Waals surface area contributed by atoms with Gasteiger partial charge in [-0.15, -0.1) is 11.3 Å². The molecule has 1 heterocycles. The highest BCUT2D eigenvalue weighted by Crippen LogP contribution is 2.25. The number of aromatic nitrogens is 1. The van der Waals surface area contributed by atoms with Gasteiger partial charge in [-0.3, -0.25) is 0 Å². The van der Waals surface area contributed by atoms with Crippen molar-refractivity contribution in [2.75, 3.05) is 26.9 Å². The summed E-state index contributed by atoms with van der Waals surface area (Å²) in [5.41, 5.74) is 2.37. The number of esters is 1. The van der Waals surface area contributed by atoms with Crippen molar-refractivity contribution in [2.45, 2.75) is 13.5 Å². The van der Waals surface area contributed by atoms with Gasteiger partial charge in [-0.1, -0.05) is 18.2 Å². The number of carbonyl (C=O) groups excluding carboxylic acids is 1. The standard InChI is InChI=1S/C16H19NO4S/c1-3-21-16(18)14-11-22-15(17-14)13-6-4-5-12(9-13)10-20-8-7-19-2/h4-6,9,11H,3,7-8,10H2,1-2H3. The first kappa shape index (κ1) is 16.6. The Morgan fingerprint density at radius 2 is 2.18 bits per heavy atom. The molecule has 0 aliphatic rings. The minimum atomic E-state index is -0.385. The summed E-state index contributed by atoms with van der Waals surface area (Å²) in [6, 6.07) is 7.93. The fraction of sp³-hybridized carbons (Fsp3) is 0.375. The second kappa shape index (κ2) is 8.63.